The molecule has 1 aliphatic heterocycles. The number of hydrogen-bond acceptors (Lipinski definition) is 7. The Morgan fingerprint density at radius 3 is 3.04 bits per heavy atom. The highest BCUT2D eigenvalue weighted by Crippen LogP contribution is 2.23. The molecule has 3 N–H and O–H groups in total. The first-order valence-electron chi connectivity index (χ1n) is 8.29. The van der Waals surface area contributed by atoms with Crippen LogP contribution in [0.3, 0.4) is 0 Å². The van der Waals surface area contributed by atoms with E-state index in [2.05, 4.69) is 20.3 Å². The minimum atomic E-state index is -0.121. The Labute approximate surface area is 149 Å². The number of thiazole rings is 1. The molecule has 1 aliphatic rings. The topological polar surface area (TPSA) is 106 Å². The summed E-state index contributed by atoms with van der Waals surface area (Å²) in [6, 6.07) is 1.60. The molecule has 0 bridgehead atoms. The average Bonchev–Trinajstić information content (AvgIpc) is 3.21. The highest BCUT2D eigenvalue weighted by molar-refractivity contribution is 7.17. The zero-order chi connectivity index (χ0) is 18.0. The lowest BCUT2D eigenvalue weighted by Crippen LogP contribution is -2.31. The summed E-state index contributed by atoms with van der Waals surface area (Å²) >= 11 is 1.23. The van der Waals surface area contributed by atoms with Crippen molar-refractivity contribution < 1.29 is 4.79 Å². The quantitative estimate of drug-likeness (QED) is 0.808. The summed E-state index contributed by atoms with van der Waals surface area (Å²) in [7, 11) is 1.63. The molecule has 1 fully saturated rings. The van der Waals surface area contributed by atoms with Crippen molar-refractivity contribution >= 4 is 28.1 Å². The summed E-state index contributed by atoms with van der Waals surface area (Å²) in [5.41, 5.74) is 7.17. The number of nitrogen functional groups attached to an aromatic ring is 1. The number of rotatable bonds is 5. The van der Waals surface area contributed by atoms with Crippen LogP contribution in [0, 0.1) is 5.92 Å². The number of amides is 1. The van der Waals surface area contributed by atoms with Gasteiger partial charge in [0.25, 0.3) is 11.5 Å². The maximum atomic E-state index is 12.4. The number of nitrogens with two attached hydrogens (primary N) is 1. The highest BCUT2D eigenvalue weighted by Gasteiger charge is 2.24. The lowest BCUT2D eigenvalue weighted by atomic mass is 10.1. The van der Waals surface area contributed by atoms with Gasteiger partial charge in [-0.3, -0.25) is 9.59 Å². The van der Waals surface area contributed by atoms with E-state index >= 15 is 0 Å². The Kier molecular flexibility index (Phi) is 5.03. The van der Waals surface area contributed by atoms with E-state index in [1.54, 1.807) is 19.3 Å². The number of carbonyl (C=O) groups excluding carboxylic acids is 1. The summed E-state index contributed by atoms with van der Waals surface area (Å²) in [4.78, 5) is 31.0. The molecule has 0 aliphatic carbocycles. The molecule has 1 unspecified atom stereocenters. The van der Waals surface area contributed by atoms with E-state index in [9.17, 15) is 9.59 Å². The molecule has 0 saturated carbocycles. The SMILES string of the molecule is CCc1nc(N)sc1C(=O)NCC1CCN(c2cnn(C)c(=O)c2)C1. The molecule has 3 rings (SSSR count). The van der Waals surface area contributed by atoms with Crippen LogP contribution in [0.25, 0.3) is 0 Å². The third kappa shape index (κ3) is 3.81. The van der Waals surface area contributed by atoms with Gasteiger partial charge < -0.3 is 16.0 Å². The Balaban J connectivity index is 1.57. The Hall–Kier alpha value is -2.42. The van der Waals surface area contributed by atoms with Crippen LogP contribution in [-0.4, -0.2) is 40.3 Å². The Morgan fingerprint density at radius 2 is 2.32 bits per heavy atom. The molecular weight excluding hydrogens is 340 g/mol. The van der Waals surface area contributed by atoms with Gasteiger partial charge in [0.1, 0.15) is 4.88 Å². The maximum absolute atomic E-state index is 12.4. The summed E-state index contributed by atoms with van der Waals surface area (Å²) in [5.74, 6) is 0.225. The Bertz CT molecular complexity index is 830. The Morgan fingerprint density at radius 1 is 1.52 bits per heavy atom. The fourth-order valence-electron chi connectivity index (χ4n) is 2.97. The molecular formula is C16H22N6O2S. The molecule has 0 spiro atoms. The van der Waals surface area contributed by atoms with E-state index in [1.807, 2.05) is 6.92 Å². The smallest absolute Gasteiger partial charge is 0.268 e. The number of anilines is 2. The first-order chi connectivity index (χ1) is 12.0. The first-order valence-corrected chi connectivity index (χ1v) is 9.11. The van der Waals surface area contributed by atoms with Gasteiger partial charge in [-0.05, 0) is 18.8 Å². The van der Waals surface area contributed by atoms with Crippen molar-refractivity contribution in [3.63, 3.8) is 0 Å². The number of aromatic nitrogens is 3. The molecule has 1 amide bonds. The van der Waals surface area contributed by atoms with Gasteiger partial charge in [0, 0.05) is 32.7 Å². The van der Waals surface area contributed by atoms with Gasteiger partial charge in [-0.2, -0.15) is 5.10 Å². The van der Waals surface area contributed by atoms with Gasteiger partial charge in [0.15, 0.2) is 5.13 Å². The summed E-state index contributed by atoms with van der Waals surface area (Å²) in [6.45, 7) is 4.19. The van der Waals surface area contributed by atoms with Crippen LogP contribution in [-0.2, 0) is 13.5 Å². The van der Waals surface area contributed by atoms with E-state index in [1.165, 1.54) is 16.0 Å². The molecule has 1 atom stereocenters. The molecule has 0 aromatic carbocycles. The number of aryl methyl sites for hydroxylation is 2. The van der Waals surface area contributed by atoms with E-state index in [0.717, 1.165) is 30.9 Å². The summed E-state index contributed by atoms with van der Waals surface area (Å²) in [5, 5.41) is 7.47. The monoisotopic (exact) mass is 362 g/mol. The fourth-order valence-corrected chi connectivity index (χ4v) is 3.81. The zero-order valence-corrected chi connectivity index (χ0v) is 15.2. The van der Waals surface area contributed by atoms with Crippen molar-refractivity contribution in [2.24, 2.45) is 13.0 Å². The zero-order valence-electron chi connectivity index (χ0n) is 14.4. The van der Waals surface area contributed by atoms with Gasteiger partial charge in [0.05, 0.1) is 17.6 Å². The molecule has 134 valence electrons. The van der Waals surface area contributed by atoms with Crippen molar-refractivity contribution in [2.75, 3.05) is 30.3 Å². The van der Waals surface area contributed by atoms with Crippen LogP contribution in [0.15, 0.2) is 17.1 Å². The standard InChI is InChI=1S/C16H22N6O2S/c1-3-12-14(25-16(17)20-12)15(24)18-7-10-4-5-22(9-10)11-6-13(23)21(2)19-8-11/h6,8,10H,3-5,7,9H2,1-2H3,(H2,17,20)(H,18,24). The minimum absolute atomic E-state index is 0.111. The molecule has 0 radical (unpaired) electrons. The van der Waals surface area contributed by atoms with Crippen LogP contribution in [0.1, 0.15) is 28.7 Å². The second-order valence-electron chi connectivity index (χ2n) is 6.17. The average molecular weight is 362 g/mol. The van der Waals surface area contributed by atoms with E-state index in [4.69, 9.17) is 5.73 Å². The predicted octanol–water partition coefficient (Wildman–Crippen LogP) is 0.638. The van der Waals surface area contributed by atoms with Crippen molar-refractivity contribution in [1.82, 2.24) is 20.1 Å². The van der Waals surface area contributed by atoms with Crippen LogP contribution in [0.5, 0.6) is 0 Å². The second kappa shape index (κ2) is 7.22. The van der Waals surface area contributed by atoms with Crippen molar-refractivity contribution in [1.29, 1.82) is 0 Å². The molecule has 3 heterocycles. The van der Waals surface area contributed by atoms with Gasteiger partial charge in [-0.15, -0.1) is 0 Å². The van der Waals surface area contributed by atoms with Gasteiger partial charge in [-0.25, -0.2) is 9.67 Å². The van der Waals surface area contributed by atoms with Gasteiger partial charge in [-0.1, -0.05) is 18.3 Å². The molecule has 9 heteroatoms. The molecule has 2 aromatic rings. The molecule has 8 nitrogen and oxygen atoms in total. The normalized spacial score (nSPS) is 17.0. The largest absolute Gasteiger partial charge is 0.375 e. The third-order valence-corrected chi connectivity index (χ3v) is 5.34. The predicted molar refractivity (Wildman–Crippen MR) is 98.0 cm³/mol. The number of hydrogen-bond donors (Lipinski definition) is 2. The van der Waals surface area contributed by atoms with Crippen molar-refractivity contribution in [3.8, 4) is 0 Å². The second-order valence-corrected chi connectivity index (χ2v) is 7.20. The lowest BCUT2D eigenvalue weighted by Gasteiger charge is -2.18. The van der Waals surface area contributed by atoms with E-state index < -0.39 is 0 Å². The number of carbonyl (C=O) groups is 1. The van der Waals surface area contributed by atoms with E-state index in [0.29, 0.717) is 28.9 Å². The van der Waals surface area contributed by atoms with Crippen molar-refractivity contribution in [2.45, 2.75) is 19.8 Å². The minimum Gasteiger partial charge on any atom is -0.375 e. The highest BCUT2D eigenvalue weighted by atomic mass is 32.1. The third-order valence-electron chi connectivity index (χ3n) is 4.41. The lowest BCUT2D eigenvalue weighted by molar-refractivity contribution is 0.0951. The van der Waals surface area contributed by atoms with E-state index in [-0.39, 0.29) is 11.5 Å². The number of nitrogens with one attached hydrogen (secondary N) is 1. The van der Waals surface area contributed by atoms with Crippen molar-refractivity contribution in [3.05, 3.63) is 33.2 Å². The maximum Gasteiger partial charge on any atom is 0.268 e. The van der Waals surface area contributed by atoms with Crippen LogP contribution >= 0.6 is 11.3 Å². The van der Waals surface area contributed by atoms with Gasteiger partial charge in [0.2, 0.25) is 0 Å². The first kappa shape index (κ1) is 17.4. The number of nitrogens with zero attached hydrogens (tertiary/aromatic N) is 4. The van der Waals surface area contributed by atoms with Crippen LogP contribution < -0.4 is 21.5 Å². The fraction of sp³-hybridized carbons (Fsp3) is 0.500. The molecule has 1 saturated heterocycles. The molecule has 2 aromatic heterocycles. The van der Waals surface area contributed by atoms with Crippen LogP contribution in [0.2, 0.25) is 0 Å². The summed E-state index contributed by atoms with van der Waals surface area (Å²) < 4.78 is 1.31. The van der Waals surface area contributed by atoms with Crippen LogP contribution in [0.4, 0.5) is 10.8 Å². The molecule has 25 heavy (non-hydrogen) atoms. The summed E-state index contributed by atoms with van der Waals surface area (Å²) in [6.07, 6.45) is 3.35. The van der Waals surface area contributed by atoms with Gasteiger partial charge >= 0.3 is 0 Å².